The molecule has 3 atom stereocenters. The summed E-state index contributed by atoms with van der Waals surface area (Å²) in [5.41, 5.74) is 7.38. The van der Waals surface area contributed by atoms with Crippen LogP contribution in [-0.4, -0.2) is 34.9 Å². The molecule has 1 aromatic carbocycles. The van der Waals surface area contributed by atoms with E-state index in [2.05, 4.69) is 4.98 Å². The summed E-state index contributed by atoms with van der Waals surface area (Å²) in [5.74, 6) is 1.24. The maximum atomic E-state index is 13.1. The number of likely N-dealkylation sites (tertiary alicyclic amines) is 1. The van der Waals surface area contributed by atoms with Crippen LogP contribution in [0.15, 0.2) is 24.3 Å². The number of hydrogen-bond donors (Lipinski definition) is 1. The fraction of sp³-hybridized carbons (Fsp3) is 0.412. The minimum atomic E-state index is 0.00646. The van der Waals surface area contributed by atoms with Gasteiger partial charge < -0.3 is 10.6 Å². The van der Waals surface area contributed by atoms with E-state index in [1.807, 2.05) is 36.1 Å². The molecule has 23 heavy (non-hydrogen) atoms. The van der Waals surface area contributed by atoms with Crippen LogP contribution in [0.2, 0.25) is 5.02 Å². The van der Waals surface area contributed by atoms with Crippen molar-refractivity contribution in [2.45, 2.75) is 19.4 Å². The van der Waals surface area contributed by atoms with Gasteiger partial charge >= 0.3 is 0 Å². The van der Waals surface area contributed by atoms with Gasteiger partial charge in [0.2, 0.25) is 0 Å². The Balaban J connectivity index is 1.70. The number of piperidine rings is 1. The van der Waals surface area contributed by atoms with Gasteiger partial charge in [-0.3, -0.25) is 4.79 Å². The summed E-state index contributed by atoms with van der Waals surface area (Å²) < 4.78 is 0. The summed E-state index contributed by atoms with van der Waals surface area (Å²) in [4.78, 5) is 20.4. The van der Waals surface area contributed by atoms with Gasteiger partial charge in [0.15, 0.2) is 0 Å². The number of carbonyl (C=O) groups is 1. The van der Waals surface area contributed by atoms with Crippen molar-refractivity contribution in [1.82, 2.24) is 9.88 Å². The Bertz CT molecular complexity index is 775. The number of aryl methyl sites for hydroxylation is 1. The van der Waals surface area contributed by atoms with Gasteiger partial charge in [0.05, 0.1) is 9.88 Å². The molecule has 1 aliphatic heterocycles. The van der Waals surface area contributed by atoms with Crippen LogP contribution in [0.25, 0.3) is 10.4 Å². The van der Waals surface area contributed by atoms with Gasteiger partial charge in [0.1, 0.15) is 5.69 Å². The molecule has 0 spiro atoms. The Kier molecular flexibility index (Phi) is 3.67. The number of hydrogen-bond acceptors (Lipinski definition) is 4. The number of rotatable bonds is 3. The lowest BCUT2D eigenvalue weighted by atomic mass is 10.1. The van der Waals surface area contributed by atoms with Gasteiger partial charge in [0.25, 0.3) is 5.91 Å². The van der Waals surface area contributed by atoms with E-state index in [0.29, 0.717) is 29.1 Å². The van der Waals surface area contributed by atoms with Crippen molar-refractivity contribution in [3.8, 4) is 10.4 Å². The quantitative estimate of drug-likeness (QED) is 0.927. The molecule has 2 N–H and O–H groups in total. The minimum absolute atomic E-state index is 0.00646. The molecule has 1 aliphatic carbocycles. The lowest BCUT2D eigenvalue weighted by Crippen LogP contribution is -2.43. The van der Waals surface area contributed by atoms with Crippen molar-refractivity contribution >= 4 is 28.8 Å². The van der Waals surface area contributed by atoms with Crippen LogP contribution in [0, 0.1) is 18.8 Å². The van der Waals surface area contributed by atoms with Crippen LogP contribution in [0.1, 0.15) is 21.9 Å². The third-order valence-corrected chi connectivity index (χ3v) is 6.08. The molecule has 2 aliphatic rings. The summed E-state index contributed by atoms with van der Waals surface area (Å²) in [6.07, 6.45) is 1.21. The van der Waals surface area contributed by atoms with E-state index in [0.717, 1.165) is 22.0 Å². The van der Waals surface area contributed by atoms with Crippen LogP contribution >= 0.6 is 22.9 Å². The second-order valence-corrected chi connectivity index (χ2v) is 7.98. The summed E-state index contributed by atoms with van der Waals surface area (Å²) in [6.45, 7) is 3.27. The van der Waals surface area contributed by atoms with Gasteiger partial charge in [-0.25, -0.2) is 4.98 Å². The number of benzene rings is 1. The van der Waals surface area contributed by atoms with E-state index in [1.165, 1.54) is 17.8 Å². The van der Waals surface area contributed by atoms with Crippen molar-refractivity contribution in [3.05, 3.63) is 40.0 Å². The minimum Gasteiger partial charge on any atom is -0.332 e. The predicted octanol–water partition coefficient (Wildman–Crippen LogP) is 3.19. The maximum Gasteiger partial charge on any atom is 0.274 e. The van der Waals surface area contributed by atoms with Crippen LogP contribution in [0.3, 0.4) is 0 Å². The first-order chi connectivity index (χ1) is 11.1. The number of carbonyl (C=O) groups excluding carboxylic acids is 1. The van der Waals surface area contributed by atoms with E-state index < -0.39 is 0 Å². The molecule has 1 amide bonds. The molecule has 1 aromatic heterocycles. The number of amides is 1. The summed E-state index contributed by atoms with van der Waals surface area (Å²) in [6, 6.07) is 7.75. The van der Waals surface area contributed by atoms with Crippen molar-refractivity contribution in [2.75, 3.05) is 13.1 Å². The van der Waals surface area contributed by atoms with Crippen molar-refractivity contribution < 1.29 is 4.79 Å². The Morgan fingerprint density at radius 3 is 3.09 bits per heavy atom. The predicted molar refractivity (Wildman–Crippen MR) is 92.8 cm³/mol. The standard InChI is InChI=1S/C17H18ClN3OS/c1-9-20-15(16(23-9)10-3-2-4-12(18)5-10)17(22)21-8-11-6-13(11)14(21)7-19/h2-5,11,13-14H,6-8,19H2,1H3. The van der Waals surface area contributed by atoms with Gasteiger partial charge in [-0.1, -0.05) is 23.7 Å². The summed E-state index contributed by atoms with van der Waals surface area (Å²) in [7, 11) is 0. The van der Waals surface area contributed by atoms with E-state index in [4.69, 9.17) is 17.3 Å². The number of aromatic nitrogens is 1. The summed E-state index contributed by atoms with van der Waals surface area (Å²) >= 11 is 7.64. The number of halogens is 1. The van der Waals surface area contributed by atoms with Crippen LogP contribution in [-0.2, 0) is 0 Å². The third kappa shape index (κ3) is 2.57. The zero-order chi connectivity index (χ0) is 16.1. The first kappa shape index (κ1) is 15.1. The molecule has 1 saturated carbocycles. The smallest absolute Gasteiger partial charge is 0.274 e. The van der Waals surface area contributed by atoms with Crippen molar-refractivity contribution in [2.24, 2.45) is 17.6 Å². The molecule has 1 saturated heterocycles. The first-order valence-corrected chi connectivity index (χ1v) is 9.02. The van der Waals surface area contributed by atoms with Crippen molar-refractivity contribution in [3.63, 3.8) is 0 Å². The fourth-order valence-corrected chi connectivity index (χ4v) is 4.74. The molecular weight excluding hydrogens is 330 g/mol. The highest BCUT2D eigenvalue weighted by atomic mass is 35.5. The van der Waals surface area contributed by atoms with E-state index in [-0.39, 0.29) is 11.9 Å². The van der Waals surface area contributed by atoms with Crippen LogP contribution in [0.4, 0.5) is 0 Å². The Morgan fingerprint density at radius 1 is 1.52 bits per heavy atom. The van der Waals surface area contributed by atoms with Gasteiger partial charge in [-0.05, 0) is 42.9 Å². The monoisotopic (exact) mass is 347 g/mol. The molecule has 6 heteroatoms. The zero-order valence-electron chi connectivity index (χ0n) is 12.8. The highest BCUT2D eigenvalue weighted by Gasteiger charge is 2.53. The number of thiazole rings is 1. The Labute approximate surface area is 144 Å². The molecule has 4 nitrogen and oxygen atoms in total. The molecule has 2 fully saturated rings. The van der Waals surface area contributed by atoms with E-state index in [1.54, 1.807) is 0 Å². The number of nitrogens with zero attached hydrogens (tertiary/aromatic N) is 2. The average molecular weight is 348 g/mol. The van der Waals surface area contributed by atoms with Crippen LogP contribution in [0.5, 0.6) is 0 Å². The SMILES string of the molecule is Cc1nc(C(=O)N2CC3CC3C2CN)c(-c2cccc(Cl)c2)s1. The van der Waals surface area contributed by atoms with Gasteiger partial charge in [-0.15, -0.1) is 11.3 Å². The normalized spacial score (nSPS) is 25.5. The largest absolute Gasteiger partial charge is 0.332 e. The highest BCUT2D eigenvalue weighted by Crippen LogP contribution is 2.49. The Morgan fingerprint density at radius 2 is 2.35 bits per heavy atom. The second kappa shape index (κ2) is 5.58. The molecule has 120 valence electrons. The summed E-state index contributed by atoms with van der Waals surface area (Å²) in [5, 5.41) is 1.55. The lowest BCUT2D eigenvalue weighted by Gasteiger charge is -2.26. The van der Waals surface area contributed by atoms with Gasteiger partial charge in [0, 0.05) is 24.2 Å². The maximum absolute atomic E-state index is 13.1. The lowest BCUT2D eigenvalue weighted by molar-refractivity contribution is 0.0708. The molecule has 3 unspecified atom stereocenters. The third-order valence-electron chi connectivity index (χ3n) is 4.83. The van der Waals surface area contributed by atoms with E-state index in [9.17, 15) is 4.79 Å². The second-order valence-electron chi connectivity index (χ2n) is 6.34. The number of fused-ring (bicyclic) bond motifs is 1. The van der Waals surface area contributed by atoms with Crippen molar-refractivity contribution in [1.29, 1.82) is 0 Å². The van der Waals surface area contributed by atoms with Gasteiger partial charge in [-0.2, -0.15) is 0 Å². The average Bonchev–Trinajstić information content (AvgIpc) is 3.03. The topological polar surface area (TPSA) is 59.2 Å². The molecule has 0 radical (unpaired) electrons. The fourth-order valence-electron chi connectivity index (χ4n) is 3.64. The highest BCUT2D eigenvalue weighted by molar-refractivity contribution is 7.15. The zero-order valence-corrected chi connectivity index (χ0v) is 14.4. The molecule has 0 bridgehead atoms. The molecule has 2 aromatic rings. The number of nitrogens with two attached hydrogens (primary N) is 1. The molecule has 4 rings (SSSR count). The first-order valence-electron chi connectivity index (χ1n) is 7.83. The molecular formula is C17H18ClN3OS. The van der Waals surface area contributed by atoms with E-state index >= 15 is 0 Å². The Hall–Kier alpha value is -1.43. The van der Waals surface area contributed by atoms with Crippen LogP contribution < -0.4 is 5.73 Å². The molecule has 2 heterocycles.